The summed E-state index contributed by atoms with van der Waals surface area (Å²) in [6.07, 6.45) is 3.18. The molecule has 0 saturated heterocycles. The summed E-state index contributed by atoms with van der Waals surface area (Å²) in [6, 6.07) is 2.16. The van der Waals surface area contributed by atoms with Gasteiger partial charge in [-0.2, -0.15) is 4.39 Å². The SMILES string of the molecule is CC(=O)N[C@@H](C)COc1cnc(Oc2ccc(C(=O)CCC(C)C)c(F)c2F)cn1. The molecule has 9 heteroatoms. The van der Waals surface area contributed by atoms with Crippen LogP contribution in [0.25, 0.3) is 0 Å². The van der Waals surface area contributed by atoms with Crippen molar-refractivity contribution in [1.29, 1.82) is 0 Å². The lowest BCUT2D eigenvalue weighted by molar-refractivity contribution is -0.119. The fourth-order valence-corrected chi connectivity index (χ4v) is 2.52. The normalized spacial score (nSPS) is 11.8. The molecule has 0 aliphatic carbocycles. The number of ketones is 1. The molecule has 1 aromatic heterocycles. The Balaban J connectivity index is 2.01. The lowest BCUT2D eigenvalue weighted by Gasteiger charge is -2.13. The number of rotatable bonds is 10. The molecule has 0 aliphatic rings. The summed E-state index contributed by atoms with van der Waals surface area (Å²) in [7, 11) is 0. The average molecular weight is 421 g/mol. The Hall–Kier alpha value is -3.10. The molecule has 30 heavy (non-hydrogen) atoms. The van der Waals surface area contributed by atoms with Crippen LogP contribution in [0.1, 0.15) is 50.9 Å². The Labute approximate surface area is 173 Å². The maximum absolute atomic E-state index is 14.3. The highest BCUT2D eigenvalue weighted by molar-refractivity contribution is 5.96. The Morgan fingerprint density at radius 3 is 2.33 bits per heavy atom. The Kier molecular flexibility index (Phi) is 8.20. The van der Waals surface area contributed by atoms with Crippen LogP contribution in [0.15, 0.2) is 24.5 Å². The van der Waals surface area contributed by atoms with E-state index in [2.05, 4.69) is 15.3 Å². The van der Waals surface area contributed by atoms with Crippen molar-refractivity contribution in [3.05, 3.63) is 41.7 Å². The third-order valence-electron chi connectivity index (χ3n) is 4.05. The molecule has 2 rings (SSSR count). The molecule has 0 spiro atoms. The highest BCUT2D eigenvalue weighted by atomic mass is 19.2. The maximum atomic E-state index is 14.3. The zero-order chi connectivity index (χ0) is 22.3. The molecule has 0 aliphatic heterocycles. The van der Waals surface area contributed by atoms with E-state index in [0.717, 1.165) is 0 Å². The smallest absolute Gasteiger partial charge is 0.238 e. The van der Waals surface area contributed by atoms with Crippen LogP contribution in [0.2, 0.25) is 0 Å². The summed E-state index contributed by atoms with van der Waals surface area (Å²) < 4.78 is 39.3. The van der Waals surface area contributed by atoms with E-state index in [1.54, 1.807) is 6.92 Å². The molecule has 2 aromatic rings. The first-order valence-electron chi connectivity index (χ1n) is 9.58. The Morgan fingerprint density at radius 2 is 1.73 bits per heavy atom. The van der Waals surface area contributed by atoms with E-state index in [-0.39, 0.29) is 48.2 Å². The monoisotopic (exact) mass is 421 g/mol. The van der Waals surface area contributed by atoms with Gasteiger partial charge in [0, 0.05) is 13.3 Å². The van der Waals surface area contributed by atoms with Crippen LogP contribution in [-0.2, 0) is 4.79 Å². The molecular formula is C21H25F2N3O4. The number of aromatic nitrogens is 2. The molecule has 162 valence electrons. The summed E-state index contributed by atoms with van der Waals surface area (Å²) in [4.78, 5) is 31.0. The predicted octanol–water partition coefficient (Wildman–Crippen LogP) is 4.07. The molecule has 0 unspecified atom stereocenters. The molecule has 0 bridgehead atoms. The summed E-state index contributed by atoms with van der Waals surface area (Å²) in [5, 5.41) is 2.66. The number of Topliss-reactive ketones (excluding diaryl/α,β-unsaturated/α-hetero) is 1. The molecule has 7 nitrogen and oxygen atoms in total. The number of carbonyl (C=O) groups is 2. The molecule has 0 fully saturated rings. The van der Waals surface area contributed by atoms with Gasteiger partial charge in [0.05, 0.1) is 24.0 Å². The van der Waals surface area contributed by atoms with Gasteiger partial charge in [0.15, 0.2) is 17.3 Å². The van der Waals surface area contributed by atoms with Crippen LogP contribution in [-0.4, -0.2) is 34.3 Å². The molecule has 1 amide bonds. The van der Waals surface area contributed by atoms with Crippen LogP contribution in [0, 0.1) is 17.6 Å². The number of nitrogens with one attached hydrogen (secondary N) is 1. The quantitative estimate of drug-likeness (QED) is 0.582. The van der Waals surface area contributed by atoms with Crippen molar-refractivity contribution in [2.24, 2.45) is 5.92 Å². The number of ether oxygens (including phenoxy) is 2. The van der Waals surface area contributed by atoms with Gasteiger partial charge in [-0.1, -0.05) is 13.8 Å². The van der Waals surface area contributed by atoms with Crippen molar-refractivity contribution < 1.29 is 27.8 Å². The van der Waals surface area contributed by atoms with E-state index >= 15 is 0 Å². The van der Waals surface area contributed by atoms with Gasteiger partial charge in [-0.25, -0.2) is 14.4 Å². The number of benzene rings is 1. The second kappa shape index (κ2) is 10.6. The minimum Gasteiger partial charge on any atom is -0.474 e. The molecule has 1 aromatic carbocycles. The minimum absolute atomic E-state index is 0.0746. The number of halogens is 2. The van der Waals surface area contributed by atoms with Gasteiger partial charge in [-0.05, 0) is 31.4 Å². The standard InChI is InChI=1S/C21H25F2N3O4/c1-12(2)5-7-16(28)15-6-8-17(21(23)20(15)22)30-19-10-24-18(9-25-19)29-11-13(3)26-14(4)27/h6,8-10,12-13H,5,7,11H2,1-4H3,(H,26,27)/t13-/m0/s1. The summed E-state index contributed by atoms with van der Waals surface area (Å²) in [5.41, 5.74) is -0.302. The van der Waals surface area contributed by atoms with Gasteiger partial charge < -0.3 is 14.8 Å². The van der Waals surface area contributed by atoms with Crippen molar-refractivity contribution in [3.8, 4) is 17.5 Å². The molecule has 0 radical (unpaired) electrons. The first-order valence-corrected chi connectivity index (χ1v) is 9.58. The fourth-order valence-electron chi connectivity index (χ4n) is 2.52. The highest BCUT2D eigenvalue weighted by Gasteiger charge is 2.20. The van der Waals surface area contributed by atoms with E-state index in [9.17, 15) is 18.4 Å². The molecule has 1 N–H and O–H groups in total. The van der Waals surface area contributed by atoms with Crippen LogP contribution < -0.4 is 14.8 Å². The van der Waals surface area contributed by atoms with Crippen molar-refractivity contribution in [2.75, 3.05) is 6.61 Å². The second-order valence-electron chi connectivity index (χ2n) is 7.30. The van der Waals surface area contributed by atoms with Crippen LogP contribution in [0.5, 0.6) is 17.5 Å². The number of amides is 1. The Bertz CT molecular complexity index is 889. The first kappa shape index (κ1) is 23.2. The van der Waals surface area contributed by atoms with Gasteiger partial charge in [0.25, 0.3) is 0 Å². The summed E-state index contributed by atoms with van der Waals surface area (Å²) in [5.74, 6) is -3.17. The molecule has 1 atom stereocenters. The van der Waals surface area contributed by atoms with Gasteiger partial charge >= 0.3 is 0 Å². The number of hydrogen-bond acceptors (Lipinski definition) is 6. The van der Waals surface area contributed by atoms with E-state index in [0.29, 0.717) is 6.42 Å². The zero-order valence-electron chi connectivity index (χ0n) is 17.4. The van der Waals surface area contributed by atoms with Crippen molar-refractivity contribution in [1.82, 2.24) is 15.3 Å². The topological polar surface area (TPSA) is 90.4 Å². The van der Waals surface area contributed by atoms with E-state index in [1.165, 1.54) is 31.5 Å². The van der Waals surface area contributed by atoms with Crippen molar-refractivity contribution in [2.45, 2.75) is 46.6 Å². The predicted molar refractivity (Wildman–Crippen MR) is 106 cm³/mol. The third kappa shape index (κ3) is 6.75. The third-order valence-corrected chi connectivity index (χ3v) is 4.05. The number of hydrogen-bond donors (Lipinski definition) is 1. The first-order chi connectivity index (χ1) is 14.2. The molecule has 1 heterocycles. The Morgan fingerprint density at radius 1 is 1.07 bits per heavy atom. The van der Waals surface area contributed by atoms with Crippen molar-refractivity contribution in [3.63, 3.8) is 0 Å². The lowest BCUT2D eigenvalue weighted by atomic mass is 10.0. The zero-order valence-corrected chi connectivity index (χ0v) is 17.4. The molecular weight excluding hydrogens is 396 g/mol. The van der Waals surface area contributed by atoms with E-state index in [4.69, 9.17) is 9.47 Å². The number of nitrogens with zero attached hydrogens (tertiary/aromatic N) is 2. The highest BCUT2D eigenvalue weighted by Crippen LogP contribution is 2.27. The summed E-state index contributed by atoms with van der Waals surface area (Å²) >= 11 is 0. The van der Waals surface area contributed by atoms with Crippen LogP contribution >= 0.6 is 0 Å². The van der Waals surface area contributed by atoms with Gasteiger partial charge in [0.1, 0.15) is 6.61 Å². The van der Waals surface area contributed by atoms with Crippen LogP contribution in [0.4, 0.5) is 8.78 Å². The maximum Gasteiger partial charge on any atom is 0.238 e. The summed E-state index contributed by atoms with van der Waals surface area (Å²) in [6.45, 7) is 7.24. The van der Waals surface area contributed by atoms with Gasteiger partial charge in [-0.3, -0.25) is 9.59 Å². The largest absolute Gasteiger partial charge is 0.474 e. The fraction of sp³-hybridized carbons (Fsp3) is 0.429. The van der Waals surface area contributed by atoms with Crippen LogP contribution in [0.3, 0.4) is 0 Å². The number of carbonyl (C=O) groups excluding carboxylic acids is 2. The van der Waals surface area contributed by atoms with Crippen molar-refractivity contribution >= 4 is 11.7 Å². The van der Waals surface area contributed by atoms with Gasteiger partial charge in [-0.15, -0.1) is 0 Å². The second-order valence-corrected chi connectivity index (χ2v) is 7.30. The molecule has 0 saturated carbocycles. The minimum atomic E-state index is -1.27. The van der Waals surface area contributed by atoms with E-state index < -0.39 is 23.2 Å². The average Bonchev–Trinajstić information content (AvgIpc) is 2.68. The van der Waals surface area contributed by atoms with E-state index in [1.807, 2.05) is 13.8 Å². The lowest BCUT2D eigenvalue weighted by Crippen LogP contribution is -2.35. The van der Waals surface area contributed by atoms with Gasteiger partial charge in [0.2, 0.25) is 23.5 Å².